The van der Waals surface area contributed by atoms with Gasteiger partial charge < -0.3 is 24.4 Å². The third kappa shape index (κ3) is 2.92. The van der Waals surface area contributed by atoms with Gasteiger partial charge in [-0.15, -0.1) is 0 Å². The topological polar surface area (TPSA) is 68.2 Å². The molecule has 0 aromatic heterocycles. The molecule has 1 aliphatic heterocycles. The molecule has 0 amide bonds. The number of benzene rings is 1. The van der Waals surface area contributed by atoms with Crippen LogP contribution in [0.2, 0.25) is 0 Å². The van der Waals surface area contributed by atoms with Crippen molar-refractivity contribution in [2.75, 3.05) is 13.2 Å². The van der Waals surface area contributed by atoms with Gasteiger partial charge in [-0.05, 0) is 25.3 Å². The van der Waals surface area contributed by atoms with Crippen molar-refractivity contribution in [3.05, 3.63) is 35.9 Å². The highest BCUT2D eigenvalue weighted by Crippen LogP contribution is 2.58. The van der Waals surface area contributed by atoms with E-state index in [4.69, 9.17) is 14.2 Å². The Labute approximate surface area is 130 Å². The van der Waals surface area contributed by atoms with Crippen LogP contribution in [0.25, 0.3) is 0 Å². The van der Waals surface area contributed by atoms with E-state index in [-0.39, 0.29) is 18.1 Å². The molecule has 1 aliphatic carbocycles. The van der Waals surface area contributed by atoms with Crippen molar-refractivity contribution in [3.8, 4) is 0 Å². The minimum atomic E-state index is -0.816. The fourth-order valence-electron chi connectivity index (χ4n) is 3.26. The van der Waals surface area contributed by atoms with Crippen LogP contribution in [0.1, 0.15) is 25.3 Å². The van der Waals surface area contributed by atoms with Gasteiger partial charge in [0.2, 0.25) is 0 Å². The Bertz CT molecular complexity index is 473. The van der Waals surface area contributed by atoms with Gasteiger partial charge in [0.1, 0.15) is 12.2 Å². The molecule has 1 aromatic rings. The fraction of sp³-hybridized carbons (Fsp3) is 0.647. The summed E-state index contributed by atoms with van der Waals surface area (Å²) in [5.41, 5.74) is 0.789. The first-order valence-corrected chi connectivity index (χ1v) is 7.93. The molecule has 1 spiro atoms. The Morgan fingerprint density at radius 2 is 1.95 bits per heavy atom. The van der Waals surface area contributed by atoms with Crippen molar-refractivity contribution >= 4 is 0 Å². The van der Waals surface area contributed by atoms with Gasteiger partial charge in [-0.25, -0.2) is 0 Å². The monoisotopic (exact) mass is 308 g/mol. The average molecular weight is 308 g/mol. The lowest BCUT2D eigenvalue weighted by Crippen LogP contribution is -2.58. The van der Waals surface area contributed by atoms with Crippen LogP contribution < -0.4 is 0 Å². The number of aliphatic hydroxyl groups excluding tert-OH is 2. The fourth-order valence-corrected chi connectivity index (χ4v) is 3.26. The van der Waals surface area contributed by atoms with Gasteiger partial charge in [-0.3, -0.25) is 0 Å². The van der Waals surface area contributed by atoms with Crippen LogP contribution in [0.15, 0.2) is 30.3 Å². The van der Waals surface area contributed by atoms with Crippen LogP contribution in [0.3, 0.4) is 0 Å². The molecule has 2 N–H and O–H groups in total. The molecule has 5 nitrogen and oxygen atoms in total. The highest BCUT2D eigenvalue weighted by molar-refractivity contribution is 5.14. The van der Waals surface area contributed by atoms with Crippen LogP contribution >= 0.6 is 0 Å². The number of hydrogen-bond donors (Lipinski definition) is 2. The molecule has 4 atom stereocenters. The Balaban J connectivity index is 1.72. The normalized spacial score (nSPS) is 33.0. The minimum absolute atomic E-state index is 0.244. The summed E-state index contributed by atoms with van der Waals surface area (Å²) in [4.78, 5) is 0. The lowest BCUT2D eigenvalue weighted by atomic mass is 9.87. The maximum absolute atomic E-state index is 10.4. The van der Waals surface area contributed by atoms with Gasteiger partial charge in [0.25, 0.3) is 0 Å². The second-order valence-electron chi connectivity index (χ2n) is 6.09. The number of rotatable bonds is 6. The van der Waals surface area contributed by atoms with E-state index in [0.29, 0.717) is 13.2 Å². The van der Waals surface area contributed by atoms with Crippen LogP contribution in [0.4, 0.5) is 0 Å². The second kappa shape index (κ2) is 6.64. The maximum atomic E-state index is 10.4. The van der Waals surface area contributed by atoms with Crippen LogP contribution in [0, 0.1) is 5.41 Å². The summed E-state index contributed by atoms with van der Waals surface area (Å²) < 4.78 is 17.6. The molecule has 0 unspecified atom stereocenters. The molecule has 1 heterocycles. The standard InChI is InChI=1S/C17H24O5/c1-2-20-15-14(19)13(10-18)22-16(17(15)8-9-17)21-11-12-6-4-3-5-7-12/h3-7,13-16,18-19H,2,8-11H2,1H3/t13-,14-,15+,16-/m0/s1. The van der Waals surface area contributed by atoms with Crippen LogP contribution in [-0.2, 0) is 20.8 Å². The van der Waals surface area contributed by atoms with E-state index in [1.54, 1.807) is 0 Å². The third-order valence-corrected chi connectivity index (χ3v) is 4.62. The number of ether oxygens (including phenoxy) is 3. The van der Waals surface area contributed by atoms with Crippen LogP contribution in [-0.4, -0.2) is 48.0 Å². The van der Waals surface area contributed by atoms with E-state index in [2.05, 4.69) is 0 Å². The lowest BCUT2D eigenvalue weighted by Gasteiger charge is -2.44. The zero-order chi connectivity index (χ0) is 15.6. The largest absolute Gasteiger partial charge is 0.394 e. The minimum Gasteiger partial charge on any atom is -0.394 e. The lowest BCUT2D eigenvalue weighted by molar-refractivity contribution is -0.305. The number of aliphatic hydroxyl groups is 2. The molecule has 0 radical (unpaired) electrons. The third-order valence-electron chi connectivity index (χ3n) is 4.62. The molecule has 2 fully saturated rings. The van der Waals surface area contributed by atoms with Gasteiger partial charge in [-0.2, -0.15) is 0 Å². The number of hydrogen-bond acceptors (Lipinski definition) is 5. The van der Waals surface area contributed by atoms with E-state index in [9.17, 15) is 10.2 Å². The van der Waals surface area contributed by atoms with Crippen molar-refractivity contribution < 1.29 is 24.4 Å². The predicted molar refractivity (Wildman–Crippen MR) is 80.1 cm³/mol. The van der Waals surface area contributed by atoms with Gasteiger partial charge in [-0.1, -0.05) is 30.3 Å². The van der Waals surface area contributed by atoms with Crippen molar-refractivity contribution in [2.45, 2.75) is 51.0 Å². The first-order chi connectivity index (χ1) is 10.7. The molecule has 5 heteroatoms. The highest BCUT2D eigenvalue weighted by Gasteiger charge is 2.64. The Morgan fingerprint density at radius 3 is 2.55 bits per heavy atom. The molecule has 1 saturated heterocycles. The molecule has 1 aromatic carbocycles. The van der Waals surface area contributed by atoms with Gasteiger partial charge >= 0.3 is 0 Å². The molecule has 1 saturated carbocycles. The maximum Gasteiger partial charge on any atom is 0.166 e. The zero-order valence-electron chi connectivity index (χ0n) is 12.9. The van der Waals surface area contributed by atoms with E-state index in [1.807, 2.05) is 37.3 Å². The van der Waals surface area contributed by atoms with E-state index >= 15 is 0 Å². The van der Waals surface area contributed by atoms with Crippen molar-refractivity contribution in [1.29, 1.82) is 0 Å². The molecule has 122 valence electrons. The highest BCUT2D eigenvalue weighted by atomic mass is 16.7. The molecule has 3 rings (SSSR count). The summed E-state index contributed by atoms with van der Waals surface area (Å²) in [5.74, 6) is 0. The quantitative estimate of drug-likeness (QED) is 0.833. The molecular formula is C17H24O5. The Kier molecular flexibility index (Phi) is 4.80. The van der Waals surface area contributed by atoms with Gasteiger partial charge in [0.05, 0.1) is 24.7 Å². The molecule has 22 heavy (non-hydrogen) atoms. The van der Waals surface area contributed by atoms with E-state index in [1.165, 1.54) is 0 Å². The molecule has 2 aliphatic rings. The summed E-state index contributed by atoms with van der Waals surface area (Å²) in [6.45, 7) is 2.63. The molecular weight excluding hydrogens is 284 g/mol. The van der Waals surface area contributed by atoms with E-state index < -0.39 is 18.5 Å². The van der Waals surface area contributed by atoms with Crippen molar-refractivity contribution in [3.63, 3.8) is 0 Å². The summed E-state index contributed by atoms with van der Waals surface area (Å²) in [5, 5.41) is 19.8. The van der Waals surface area contributed by atoms with Crippen molar-refractivity contribution in [2.24, 2.45) is 5.41 Å². The summed E-state index contributed by atoms with van der Waals surface area (Å²) in [6.07, 6.45) is -0.458. The Morgan fingerprint density at radius 1 is 1.23 bits per heavy atom. The smallest absolute Gasteiger partial charge is 0.166 e. The first-order valence-electron chi connectivity index (χ1n) is 7.93. The zero-order valence-corrected chi connectivity index (χ0v) is 12.9. The summed E-state index contributed by atoms with van der Waals surface area (Å²) in [6, 6.07) is 9.90. The Hall–Kier alpha value is -0.980. The van der Waals surface area contributed by atoms with E-state index in [0.717, 1.165) is 18.4 Å². The SMILES string of the molecule is CCO[C@@H]1[C@@H](O)[C@H](CO)O[C@H](OCc2ccccc2)C12CC2. The van der Waals surface area contributed by atoms with Gasteiger partial charge in [0, 0.05) is 6.61 Å². The van der Waals surface area contributed by atoms with Gasteiger partial charge in [0.15, 0.2) is 6.29 Å². The predicted octanol–water partition coefficient (Wildman–Crippen LogP) is 1.47. The summed E-state index contributed by atoms with van der Waals surface area (Å²) >= 11 is 0. The first kappa shape index (κ1) is 15.9. The van der Waals surface area contributed by atoms with Crippen LogP contribution in [0.5, 0.6) is 0 Å². The second-order valence-corrected chi connectivity index (χ2v) is 6.09. The molecule has 0 bridgehead atoms. The summed E-state index contributed by atoms with van der Waals surface area (Å²) in [7, 11) is 0. The average Bonchev–Trinajstić information content (AvgIpc) is 3.33. The van der Waals surface area contributed by atoms with Crippen molar-refractivity contribution in [1.82, 2.24) is 0 Å².